The van der Waals surface area contributed by atoms with E-state index in [1.165, 1.54) is 0 Å². The van der Waals surface area contributed by atoms with Crippen LogP contribution in [0.25, 0.3) is 22.2 Å². The molecule has 2 N–H and O–H groups in total. The Balaban J connectivity index is 2.30. The van der Waals surface area contributed by atoms with Crippen LogP contribution in [0.15, 0.2) is 36.4 Å². The number of carbonyl (C=O) groups is 1. The molecule has 1 heterocycles. The topological polar surface area (TPSA) is 53.1 Å². The highest BCUT2D eigenvalue weighted by atomic mass is 35.5. The molecule has 2 aromatic carbocycles. The monoisotopic (exact) mass is 313 g/mol. The highest BCUT2D eigenvalue weighted by Gasteiger charge is 2.17. The highest BCUT2D eigenvalue weighted by Crippen LogP contribution is 2.33. The molecule has 0 spiro atoms. The van der Waals surface area contributed by atoms with Gasteiger partial charge < -0.3 is 10.1 Å². The van der Waals surface area contributed by atoms with Gasteiger partial charge in [0.05, 0.1) is 12.1 Å². The molecule has 0 aliphatic rings. The predicted molar refractivity (Wildman–Crippen MR) is 89.6 cm³/mol. The first-order valence-electron chi connectivity index (χ1n) is 7.05. The SMILES string of the molecule is Cc1cc(C)c2[nH]c(-c3ccc(Cl)cc3)c(CC(=O)O)c2c1. The number of aromatic nitrogens is 1. The molecule has 1 aromatic heterocycles. The standard InChI is InChI=1S/C18H16ClNO2/c1-10-7-11(2)17-14(8-10)15(9-16(21)22)18(20-17)12-3-5-13(19)6-4-12/h3-8,20H,9H2,1-2H3,(H,21,22). The van der Waals surface area contributed by atoms with E-state index in [9.17, 15) is 9.90 Å². The summed E-state index contributed by atoms with van der Waals surface area (Å²) in [5, 5.41) is 10.9. The molecule has 0 radical (unpaired) electrons. The van der Waals surface area contributed by atoms with Crippen LogP contribution in [0.5, 0.6) is 0 Å². The molecule has 3 aromatic rings. The van der Waals surface area contributed by atoms with Crippen molar-refractivity contribution < 1.29 is 9.90 Å². The van der Waals surface area contributed by atoms with Crippen molar-refractivity contribution in [1.29, 1.82) is 0 Å². The number of H-pyrrole nitrogens is 1. The molecule has 3 rings (SSSR count). The Kier molecular flexibility index (Phi) is 3.67. The van der Waals surface area contributed by atoms with Crippen molar-refractivity contribution in [3.05, 3.63) is 58.1 Å². The third-order valence-electron chi connectivity index (χ3n) is 3.82. The molecule has 3 nitrogen and oxygen atoms in total. The van der Waals surface area contributed by atoms with Crippen molar-refractivity contribution in [3.63, 3.8) is 0 Å². The van der Waals surface area contributed by atoms with Crippen molar-refractivity contribution in [3.8, 4) is 11.3 Å². The maximum Gasteiger partial charge on any atom is 0.307 e. The van der Waals surface area contributed by atoms with Gasteiger partial charge in [-0.1, -0.05) is 35.4 Å². The summed E-state index contributed by atoms with van der Waals surface area (Å²) in [6, 6.07) is 11.6. The molecule has 22 heavy (non-hydrogen) atoms. The Bertz CT molecular complexity index is 863. The van der Waals surface area contributed by atoms with Gasteiger partial charge in [0.15, 0.2) is 0 Å². The molecule has 112 valence electrons. The van der Waals surface area contributed by atoms with Crippen LogP contribution in [-0.4, -0.2) is 16.1 Å². The molecular formula is C18H16ClNO2. The Hall–Kier alpha value is -2.26. The van der Waals surface area contributed by atoms with E-state index in [0.29, 0.717) is 5.02 Å². The fourth-order valence-corrected chi connectivity index (χ4v) is 3.03. The Labute approximate surface area is 133 Å². The molecule has 0 atom stereocenters. The number of nitrogens with one attached hydrogen (secondary N) is 1. The van der Waals surface area contributed by atoms with Crippen molar-refractivity contribution >= 4 is 28.5 Å². The van der Waals surface area contributed by atoms with Crippen molar-refractivity contribution in [1.82, 2.24) is 4.98 Å². The average molecular weight is 314 g/mol. The molecule has 0 aliphatic carbocycles. The number of hydrogen-bond acceptors (Lipinski definition) is 1. The lowest BCUT2D eigenvalue weighted by Gasteiger charge is -2.03. The first kappa shape index (κ1) is 14.7. The summed E-state index contributed by atoms with van der Waals surface area (Å²) in [5.74, 6) is -0.838. The second-order valence-electron chi connectivity index (χ2n) is 5.56. The molecule has 0 unspecified atom stereocenters. The Morgan fingerprint density at radius 3 is 2.50 bits per heavy atom. The van der Waals surface area contributed by atoms with Crippen LogP contribution < -0.4 is 0 Å². The fourth-order valence-electron chi connectivity index (χ4n) is 2.90. The summed E-state index contributed by atoms with van der Waals surface area (Å²) in [5.41, 5.74) is 5.83. The van der Waals surface area contributed by atoms with Crippen LogP contribution in [0.4, 0.5) is 0 Å². The summed E-state index contributed by atoms with van der Waals surface area (Å²) >= 11 is 5.94. The number of fused-ring (bicyclic) bond motifs is 1. The number of aryl methyl sites for hydroxylation is 2. The number of aliphatic carboxylic acids is 1. The van der Waals surface area contributed by atoms with Gasteiger partial charge in [-0.05, 0) is 48.7 Å². The van der Waals surface area contributed by atoms with Crippen molar-refractivity contribution in [2.45, 2.75) is 20.3 Å². The lowest BCUT2D eigenvalue weighted by Crippen LogP contribution is -2.01. The third-order valence-corrected chi connectivity index (χ3v) is 4.07. The van der Waals surface area contributed by atoms with Crippen LogP contribution >= 0.6 is 11.6 Å². The minimum absolute atomic E-state index is 0.0130. The number of hydrogen-bond donors (Lipinski definition) is 2. The van der Waals surface area contributed by atoms with Crippen LogP contribution in [0, 0.1) is 13.8 Å². The number of carboxylic acids is 1. The molecule has 0 saturated heterocycles. The van der Waals surface area contributed by atoms with E-state index in [1.54, 1.807) is 0 Å². The van der Waals surface area contributed by atoms with Crippen molar-refractivity contribution in [2.75, 3.05) is 0 Å². The van der Waals surface area contributed by atoms with Gasteiger partial charge in [-0.2, -0.15) is 0 Å². The normalized spacial score (nSPS) is 11.0. The fraction of sp³-hybridized carbons (Fsp3) is 0.167. The maximum absolute atomic E-state index is 11.3. The lowest BCUT2D eigenvalue weighted by atomic mass is 10.0. The van der Waals surface area contributed by atoms with Gasteiger partial charge >= 0.3 is 5.97 Å². The van der Waals surface area contributed by atoms with E-state index in [1.807, 2.05) is 44.2 Å². The summed E-state index contributed by atoms with van der Waals surface area (Å²) in [6.45, 7) is 4.05. The first-order chi connectivity index (χ1) is 10.5. The number of aromatic amines is 1. The Morgan fingerprint density at radius 2 is 1.86 bits per heavy atom. The van der Waals surface area contributed by atoms with E-state index < -0.39 is 5.97 Å². The van der Waals surface area contributed by atoms with Crippen LogP contribution in [0.2, 0.25) is 5.02 Å². The number of benzene rings is 2. The minimum Gasteiger partial charge on any atom is -0.481 e. The van der Waals surface area contributed by atoms with Gasteiger partial charge in [0.25, 0.3) is 0 Å². The molecule has 0 fully saturated rings. The van der Waals surface area contributed by atoms with E-state index in [4.69, 9.17) is 11.6 Å². The minimum atomic E-state index is -0.838. The largest absolute Gasteiger partial charge is 0.481 e. The molecular weight excluding hydrogens is 298 g/mol. The van der Waals surface area contributed by atoms with Gasteiger partial charge in [-0.15, -0.1) is 0 Å². The first-order valence-corrected chi connectivity index (χ1v) is 7.43. The highest BCUT2D eigenvalue weighted by molar-refractivity contribution is 6.30. The lowest BCUT2D eigenvalue weighted by molar-refractivity contribution is -0.136. The second kappa shape index (κ2) is 5.50. The van der Waals surface area contributed by atoms with Crippen LogP contribution in [0.3, 0.4) is 0 Å². The van der Waals surface area contributed by atoms with E-state index in [2.05, 4.69) is 11.1 Å². The zero-order valence-electron chi connectivity index (χ0n) is 12.4. The van der Waals surface area contributed by atoms with E-state index in [0.717, 1.165) is 38.9 Å². The Morgan fingerprint density at radius 1 is 1.18 bits per heavy atom. The number of halogens is 1. The summed E-state index contributed by atoms with van der Waals surface area (Å²) in [6.07, 6.45) is -0.0130. The predicted octanol–water partition coefficient (Wildman–Crippen LogP) is 4.73. The molecule has 0 saturated carbocycles. The van der Waals surface area contributed by atoms with E-state index >= 15 is 0 Å². The zero-order chi connectivity index (χ0) is 15.9. The van der Waals surface area contributed by atoms with E-state index in [-0.39, 0.29) is 6.42 Å². The summed E-state index contributed by atoms with van der Waals surface area (Å²) in [7, 11) is 0. The molecule has 0 bridgehead atoms. The van der Waals surface area contributed by atoms with Crippen molar-refractivity contribution in [2.24, 2.45) is 0 Å². The summed E-state index contributed by atoms with van der Waals surface area (Å²) in [4.78, 5) is 14.7. The summed E-state index contributed by atoms with van der Waals surface area (Å²) < 4.78 is 0. The van der Waals surface area contributed by atoms with Gasteiger partial charge in [-0.25, -0.2) is 0 Å². The van der Waals surface area contributed by atoms with Gasteiger partial charge in [0.1, 0.15) is 0 Å². The smallest absolute Gasteiger partial charge is 0.307 e. The van der Waals surface area contributed by atoms with Crippen LogP contribution in [-0.2, 0) is 11.2 Å². The van der Waals surface area contributed by atoms with Gasteiger partial charge in [0, 0.05) is 15.9 Å². The third kappa shape index (κ3) is 2.60. The molecule has 0 amide bonds. The number of rotatable bonds is 3. The average Bonchev–Trinajstić information content (AvgIpc) is 2.78. The maximum atomic E-state index is 11.3. The van der Waals surface area contributed by atoms with Gasteiger partial charge in [-0.3, -0.25) is 4.79 Å². The quantitative estimate of drug-likeness (QED) is 0.734. The van der Waals surface area contributed by atoms with Gasteiger partial charge in [0.2, 0.25) is 0 Å². The second-order valence-corrected chi connectivity index (χ2v) is 6.00. The number of carboxylic acid groups (broad SMARTS) is 1. The van der Waals surface area contributed by atoms with Crippen LogP contribution in [0.1, 0.15) is 16.7 Å². The molecule has 0 aliphatic heterocycles. The molecule has 4 heteroatoms. The zero-order valence-corrected chi connectivity index (χ0v) is 13.2.